The number of rotatable bonds is 3. The number of hydrogen-bond acceptors (Lipinski definition) is 3. The van der Waals surface area contributed by atoms with Crippen molar-refractivity contribution in [3.8, 4) is 23.5 Å². The number of carbonyl (C=O) groups excluding carboxylic acids is 1. The summed E-state index contributed by atoms with van der Waals surface area (Å²) < 4.78 is 11.3. The molecular weight excluding hydrogens is 338 g/mol. The average molecular weight is 361 g/mol. The molecule has 1 unspecified atom stereocenters. The summed E-state index contributed by atoms with van der Waals surface area (Å²) in [4.78, 5) is 14.5. The predicted molar refractivity (Wildman–Crippen MR) is 104 cm³/mol. The summed E-state index contributed by atoms with van der Waals surface area (Å²) in [6.45, 7) is 3.55. The number of hydrogen-bond donors (Lipinski definition) is 0. The molecule has 1 saturated heterocycles. The van der Waals surface area contributed by atoms with Crippen LogP contribution in [0.3, 0.4) is 0 Å². The van der Waals surface area contributed by atoms with Gasteiger partial charge in [0.25, 0.3) is 0 Å². The van der Waals surface area contributed by atoms with Gasteiger partial charge in [0.05, 0.1) is 13.2 Å². The Labute approximate surface area is 160 Å². The Hall–Kier alpha value is -2.77. The third kappa shape index (κ3) is 2.89. The predicted octanol–water partition coefficient (Wildman–Crippen LogP) is 4.05. The van der Waals surface area contributed by atoms with Crippen LogP contribution in [0.4, 0.5) is 4.79 Å². The van der Waals surface area contributed by atoms with E-state index in [-0.39, 0.29) is 12.0 Å². The van der Waals surface area contributed by atoms with Crippen LogP contribution < -0.4 is 0 Å². The van der Waals surface area contributed by atoms with Crippen molar-refractivity contribution in [2.45, 2.75) is 24.8 Å². The fourth-order valence-corrected chi connectivity index (χ4v) is 4.14. The van der Waals surface area contributed by atoms with Crippen molar-refractivity contribution in [2.75, 3.05) is 26.4 Å². The Kier molecular flexibility index (Phi) is 4.63. The van der Waals surface area contributed by atoms with Gasteiger partial charge in [0.15, 0.2) is 0 Å². The van der Waals surface area contributed by atoms with Gasteiger partial charge in [0, 0.05) is 12.5 Å². The van der Waals surface area contributed by atoms with Crippen molar-refractivity contribution >= 4 is 6.09 Å². The fraction of sp³-hybridized carbons (Fsp3) is 0.348. The van der Waals surface area contributed by atoms with E-state index in [4.69, 9.17) is 15.9 Å². The Morgan fingerprint density at radius 2 is 1.85 bits per heavy atom. The van der Waals surface area contributed by atoms with Gasteiger partial charge in [-0.3, -0.25) is 4.90 Å². The molecular formula is C23H23NO3. The number of benzene rings is 2. The number of carbonyl (C=O) groups is 1. The second-order valence-electron chi connectivity index (χ2n) is 7.04. The van der Waals surface area contributed by atoms with Crippen LogP contribution in [0.15, 0.2) is 48.5 Å². The van der Waals surface area contributed by atoms with Gasteiger partial charge in [0.1, 0.15) is 12.1 Å². The molecule has 1 aliphatic heterocycles. The first-order valence-corrected chi connectivity index (χ1v) is 9.38. The molecule has 0 saturated carbocycles. The highest BCUT2D eigenvalue weighted by Gasteiger charge is 2.41. The summed E-state index contributed by atoms with van der Waals surface area (Å²) in [7, 11) is 0. The third-order valence-electron chi connectivity index (χ3n) is 5.73. The standard InChI is InChI=1S/C23H23NO3/c1-3-23(4-2)16-26-14-13-24(23)22(25)27-15-21-19-11-7-5-9-17(19)18-10-6-8-12-20(18)21/h1,5-12,21H,4,13-16H2,2H3. The van der Waals surface area contributed by atoms with E-state index in [9.17, 15) is 4.79 Å². The van der Waals surface area contributed by atoms with Crippen molar-refractivity contribution in [1.29, 1.82) is 0 Å². The maximum atomic E-state index is 12.9. The quantitative estimate of drug-likeness (QED) is 0.774. The Morgan fingerprint density at radius 1 is 1.22 bits per heavy atom. The minimum absolute atomic E-state index is 0.0456. The molecule has 27 heavy (non-hydrogen) atoms. The van der Waals surface area contributed by atoms with Gasteiger partial charge < -0.3 is 9.47 Å². The summed E-state index contributed by atoms with van der Waals surface area (Å²) in [6.07, 6.45) is 6.01. The van der Waals surface area contributed by atoms with Gasteiger partial charge in [-0.05, 0) is 28.7 Å². The Bertz CT molecular complexity index is 855. The molecule has 1 aliphatic carbocycles. The number of nitrogens with zero attached hydrogens (tertiary/aromatic N) is 1. The Morgan fingerprint density at radius 3 is 2.44 bits per heavy atom. The number of amides is 1. The zero-order valence-corrected chi connectivity index (χ0v) is 15.5. The van der Waals surface area contributed by atoms with E-state index < -0.39 is 5.54 Å². The van der Waals surface area contributed by atoms with E-state index in [0.29, 0.717) is 32.8 Å². The first kappa shape index (κ1) is 17.6. The van der Waals surface area contributed by atoms with Crippen molar-refractivity contribution in [3.63, 3.8) is 0 Å². The summed E-state index contributed by atoms with van der Waals surface area (Å²) in [5.41, 5.74) is 4.11. The largest absolute Gasteiger partial charge is 0.448 e. The lowest BCUT2D eigenvalue weighted by Crippen LogP contribution is -2.58. The van der Waals surface area contributed by atoms with E-state index in [1.165, 1.54) is 22.3 Å². The Balaban J connectivity index is 1.55. The van der Waals surface area contributed by atoms with Crippen molar-refractivity contribution in [2.24, 2.45) is 0 Å². The van der Waals surface area contributed by atoms with Crippen LogP contribution in [0.2, 0.25) is 0 Å². The van der Waals surface area contributed by atoms with Crippen LogP contribution in [0.1, 0.15) is 30.4 Å². The zero-order valence-electron chi connectivity index (χ0n) is 15.5. The van der Waals surface area contributed by atoms with Crippen LogP contribution in [0.25, 0.3) is 11.1 Å². The van der Waals surface area contributed by atoms with Crippen molar-refractivity contribution in [1.82, 2.24) is 4.90 Å². The van der Waals surface area contributed by atoms with Gasteiger partial charge in [-0.2, -0.15) is 0 Å². The number of fused-ring (bicyclic) bond motifs is 3. The monoisotopic (exact) mass is 361 g/mol. The van der Waals surface area contributed by atoms with Crippen molar-refractivity contribution < 1.29 is 14.3 Å². The highest BCUT2D eigenvalue weighted by atomic mass is 16.6. The highest BCUT2D eigenvalue weighted by molar-refractivity contribution is 5.79. The van der Waals surface area contributed by atoms with Crippen LogP contribution in [0, 0.1) is 12.3 Å². The second kappa shape index (κ2) is 7.09. The first-order chi connectivity index (χ1) is 13.2. The molecule has 4 rings (SSSR count). The first-order valence-electron chi connectivity index (χ1n) is 9.38. The van der Waals surface area contributed by atoms with Gasteiger partial charge in [-0.15, -0.1) is 6.42 Å². The zero-order chi connectivity index (χ0) is 18.9. The van der Waals surface area contributed by atoms with Gasteiger partial charge in [-0.25, -0.2) is 4.79 Å². The molecule has 1 heterocycles. The molecule has 0 bridgehead atoms. The lowest BCUT2D eigenvalue weighted by atomic mass is 9.95. The maximum Gasteiger partial charge on any atom is 0.411 e. The van der Waals surface area contributed by atoms with Crippen LogP contribution in [-0.4, -0.2) is 42.9 Å². The SMILES string of the molecule is C#CC1(CC)COCCN1C(=O)OCC1c2ccccc2-c2ccccc21. The minimum atomic E-state index is -0.721. The summed E-state index contributed by atoms with van der Waals surface area (Å²) in [5, 5.41) is 0. The summed E-state index contributed by atoms with van der Waals surface area (Å²) in [6, 6.07) is 16.6. The van der Waals surface area contributed by atoms with Crippen molar-refractivity contribution in [3.05, 3.63) is 59.7 Å². The number of ether oxygens (including phenoxy) is 2. The normalized spacial score (nSPS) is 21.3. The van der Waals surface area contributed by atoms with Gasteiger partial charge in [-0.1, -0.05) is 61.4 Å². The molecule has 2 aromatic carbocycles. The molecule has 4 heteroatoms. The summed E-state index contributed by atoms with van der Waals surface area (Å²) in [5.74, 6) is 2.80. The molecule has 138 valence electrons. The second-order valence-corrected chi connectivity index (χ2v) is 7.04. The van der Waals surface area contributed by atoms with E-state index >= 15 is 0 Å². The lowest BCUT2D eigenvalue weighted by Gasteiger charge is -2.42. The summed E-state index contributed by atoms with van der Waals surface area (Å²) >= 11 is 0. The fourth-order valence-electron chi connectivity index (χ4n) is 4.14. The minimum Gasteiger partial charge on any atom is -0.448 e. The molecule has 4 nitrogen and oxygen atoms in total. The molecule has 1 fully saturated rings. The molecule has 0 spiro atoms. The molecule has 0 aromatic heterocycles. The van der Waals surface area contributed by atoms with Gasteiger partial charge in [0.2, 0.25) is 0 Å². The number of terminal acetylenes is 1. The third-order valence-corrected chi connectivity index (χ3v) is 5.73. The lowest BCUT2D eigenvalue weighted by molar-refractivity contribution is -0.0383. The smallest absolute Gasteiger partial charge is 0.411 e. The van der Waals surface area contributed by atoms with E-state index in [1.807, 2.05) is 31.2 Å². The highest BCUT2D eigenvalue weighted by Crippen LogP contribution is 2.44. The van der Waals surface area contributed by atoms with Crippen LogP contribution in [0.5, 0.6) is 0 Å². The molecule has 0 radical (unpaired) electrons. The van der Waals surface area contributed by atoms with Gasteiger partial charge >= 0.3 is 6.09 Å². The van der Waals surface area contributed by atoms with Crippen LogP contribution >= 0.6 is 0 Å². The molecule has 0 N–H and O–H groups in total. The van der Waals surface area contributed by atoms with E-state index in [0.717, 1.165) is 0 Å². The molecule has 1 amide bonds. The average Bonchev–Trinajstić information content (AvgIpc) is 3.05. The van der Waals surface area contributed by atoms with E-state index in [1.54, 1.807) is 4.90 Å². The molecule has 2 aromatic rings. The maximum absolute atomic E-state index is 12.9. The van der Waals surface area contributed by atoms with Crippen LogP contribution in [-0.2, 0) is 9.47 Å². The molecule has 1 atom stereocenters. The topological polar surface area (TPSA) is 38.8 Å². The van der Waals surface area contributed by atoms with E-state index in [2.05, 4.69) is 30.2 Å². The number of morpholine rings is 1. The molecule has 2 aliphatic rings.